The van der Waals surface area contributed by atoms with Gasteiger partial charge in [-0.1, -0.05) is 30.3 Å². The Kier molecular flexibility index (Phi) is 5.92. The van der Waals surface area contributed by atoms with Crippen molar-refractivity contribution in [2.75, 3.05) is 32.7 Å². The van der Waals surface area contributed by atoms with Crippen LogP contribution in [-0.4, -0.2) is 49.6 Å². The Bertz CT molecular complexity index is 495. The quantitative estimate of drug-likeness (QED) is 0.599. The van der Waals surface area contributed by atoms with E-state index in [1.807, 2.05) is 0 Å². The van der Waals surface area contributed by atoms with Crippen LogP contribution >= 0.6 is 0 Å². The second-order valence-corrected chi connectivity index (χ2v) is 6.83. The van der Waals surface area contributed by atoms with Crippen LogP contribution in [0.1, 0.15) is 31.7 Å². The van der Waals surface area contributed by atoms with E-state index < -0.39 is 0 Å². The number of benzene rings is 1. The van der Waals surface area contributed by atoms with Crippen LogP contribution in [0.3, 0.4) is 0 Å². The number of guanidine groups is 1. The first-order valence-electron chi connectivity index (χ1n) is 9.14. The highest BCUT2D eigenvalue weighted by Gasteiger charge is 2.24. The summed E-state index contributed by atoms with van der Waals surface area (Å²) in [4.78, 5) is 7.39. The zero-order valence-corrected chi connectivity index (χ0v) is 14.3. The molecule has 1 aliphatic heterocycles. The average Bonchev–Trinajstić information content (AvgIpc) is 3.28. The minimum absolute atomic E-state index is 0.666. The van der Waals surface area contributed by atoms with Crippen LogP contribution in [-0.2, 0) is 6.42 Å². The minimum atomic E-state index is 0.666. The largest absolute Gasteiger partial charge is 0.357 e. The monoisotopic (exact) mass is 314 g/mol. The highest BCUT2D eigenvalue weighted by Crippen LogP contribution is 2.19. The van der Waals surface area contributed by atoms with Crippen molar-refractivity contribution in [3.05, 3.63) is 35.9 Å². The maximum Gasteiger partial charge on any atom is 0.191 e. The molecule has 1 heterocycles. The Hall–Kier alpha value is -1.55. The molecule has 4 nitrogen and oxygen atoms in total. The van der Waals surface area contributed by atoms with E-state index in [-0.39, 0.29) is 0 Å². The lowest BCUT2D eigenvalue weighted by molar-refractivity contribution is 0.329. The molecule has 0 amide bonds. The number of hydrogen-bond acceptors (Lipinski definition) is 2. The molecule has 1 saturated carbocycles. The molecule has 3 rings (SSSR count). The summed E-state index contributed by atoms with van der Waals surface area (Å²) < 4.78 is 0. The van der Waals surface area contributed by atoms with Gasteiger partial charge in [-0.05, 0) is 50.6 Å². The third-order valence-corrected chi connectivity index (χ3v) is 4.70. The van der Waals surface area contributed by atoms with Crippen molar-refractivity contribution in [3.8, 4) is 0 Å². The van der Waals surface area contributed by atoms with E-state index in [0.29, 0.717) is 12.0 Å². The highest BCUT2D eigenvalue weighted by molar-refractivity contribution is 5.80. The normalized spacial score (nSPS) is 22.3. The Labute approximate surface area is 140 Å². The molecule has 1 atom stereocenters. The summed E-state index contributed by atoms with van der Waals surface area (Å²) in [5.74, 6) is 1.72. The molecule has 1 aliphatic carbocycles. The predicted octanol–water partition coefficient (Wildman–Crippen LogP) is 2.27. The van der Waals surface area contributed by atoms with Gasteiger partial charge in [-0.3, -0.25) is 4.99 Å². The Morgan fingerprint density at radius 1 is 1.22 bits per heavy atom. The van der Waals surface area contributed by atoms with Crippen LogP contribution in [0.15, 0.2) is 35.3 Å². The van der Waals surface area contributed by atoms with Crippen molar-refractivity contribution in [1.29, 1.82) is 0 Å². The van der Waals surface area contributed by atoms with Crippen LogP contribution < -0.4 is 10.6 Å². The molecule has 0 radical (unpaired) electrons. The summed E-state index contributed by atoms with van der Waals surface area (Å²) in [5.41, 5.74) is 1.44. The van der Waals surface area contributed by atoms with Crippen molar-refractivity contribution in [3.63, 3.8) is 0 Å². The lowest BCUT2D eigenvalue weighted by atomic mass is 10.1. The minimum Gasteiger partial charge on any atom is -0.357 e. The number of nitrogens with zero attached hydrogens (tertiary/aromatic N) is 2. The van der Waals surface area contributed by atoms with Crippen molar-refractivity contribution in [1.82, 2.24) is 15.5 Å². The molecule has 0 bridgehead atoms. The van der Waals surface area contributed by atoms with Crippen molar-refractivity contribution < 1.29 is 0 Å². The first kappa shape index (κ1) is 16.3. The van der Waals surface area contributed by atoms with E-state index in [1.54, 1.807) is 0 Å². The van der Waals surface area contributed by atoms with Gasteiger partial charge in [0.2, 0.25) is 0 Å². The average molecular weight is 314 g/mol. The molecule has 0 spiro atoms. The Morgan fingerprint density at radius 2 is 2.04 bits per heavy atom. The molecule has 1 saturated heterocycles. The smallest absolute Gasteiger partial charge is 0.191 e. The van der Waals surface area contributed by atoms with Gasteiger partial charge < -0.3 is 15.5 Å². The maximum absolute atomic E-state index is 4.80. The van der Waals surface area contributed by atoms with Gasteiger partial charge >= 0.3 is 0 Å². The zero-order valence-electron chi connectivity index (χ0n) is 14.3. The predicted molar refractivity (Wildman–Crippen MR) is 96.8 cm³/mol. The molecule has 1 unspecified atom stereocenters. The topological polar surface area (TPSA) is 39.7 Å². The molecule has 126 valence electrons. The SMILES string of the molecule is CCNC(=NCC1CCN(CCc2ccccc2)C1)NC1CC1. The summed E-state index contributed by atoms with van der Waals surface area (Å²) in [6.07, 6.45) is 5.02. The first-order chi connectivity index (χ1) is 11.3. The number of aliphatic imine (C=N–C) groups is 1. The van der Waals surface area contributed by atoms with Gasteiger partial charge in [0.1, 0.15) is 0 Å². The molecular weight excluding hydrogens is 284 g/mol. The van der Waals surface area contributed by atoms with E-state index in [0.717, 1.165) is 25.5 Å². The van der Waals surface area contributed by atoms with Crippen molar-refractivity contribution in [2.24, 2.45) is 10.9 Å². The van der Waals surface area contributed by atoms with Crippen LogP contribution in [0, 0.1) is 5.92 Å². The fourth-order valence-electron chi connectivity index (χ4n) is 3.16. The zero-order chi connectivity index (χ0) is 15.9. The van der Waals surface area contributed by atoms with E-state index in [1.165, 1.54) is 44.5 Å². The van der Waals surface area contributed by atoms with E-state index in [9.17, 15) is 0 Å². The molecule has 2 aliphatic rings. The third kappa shape index (κ3) is 5.54. The molecule has 23 heavy (non-hydrogen) atoms. The second kappa shape index (κ2) is 8.34. The van der Waals surface area contributed by atoms with Gasteiger partial charge in [0.25, 0.3) is 0 Å². The van der Waals surface area contributed by atoms with Crippen molar-refractivity contribution in [2.45, 2.75) is 38.6 Å². The lowest BCUT2D eigenvalue weighted by Crippen LogP contribution is -2.39. The van der Waals surface area contributed by atoms with Gasteiger partial charge in [0, 0.05) is 32.2 Å². The number of hydrogen-bond donors (Lipinski definition) is 2. The summed E-state index contributed by atoms with van der Waals surface area (Å²) in [6, 6.07) is 11.5. The van der Waals surface area contributed by atoms with E-state index in [2.05, 4.69) is 52.8 Å². The Balaban J connectivity index is 1.40. The standard InChI is InChI=1S/C19H30N4/c1-2-20-19(22-18-8-9-18)21-14-17-11-13-23(15-17)12-10-16-6-4-3-5-7-16/h3-7,17-18H,2,8-15H2,1H3,(H2,20,21,22). The van der Waals surface area contributed by atoms with Crippen LogP contribution in [0.4, 0.5) is 0 Å². The third-order valence-electron chi connectivity index (χ3n) is 4.70. The number of likely N-dealkylation sites (tertiary alicyclic amines) is 1. The van der Waals surface area contributed by atoms with E-state index in [4.69, 9.17) is 4.99 Å². The van der Waals surface area contributed by atoms with E-state index >= 15 is 0 Å². The molecule has 2 fully saturated rings. The van der Waals surface area contributed by atoms with Crippen LogP contribution in [0.5, 0.6) is 0 Å². The lowest BCUT2D eigenvalue weighted by Gasteiger charge is -2.16. The molecule has 1 aromatic carbocycles. The highest BCUT2D eigenvalue weighted by atomic mass is 15.2. The summed E-state index contributed by atoms with van der Waals surface area (Å²) in [6.45, 7) is 7.60. The van der Waals surface area contributed by atoms with Gasteiger partial charge in [-0.2, -0.15) is 0 Å². The summed E-state index contributed by atoms with van der Waals surface area (Å²) in [5, 5.41) is 6.86. The van der Waals surface area contributed by atoms with Gasteiger partial charge in [-0.25, -0.2) is 0 Å². The number of nitrogens with one attached hydrogen (secondary N) is 2. The fourth-order valence-corrected chi connectivity index (χ4v) is 3.16. The van der Waals surface area contributed by atoms with Crippen molar-refractivity contribution >= 4 is 5.96 Å². The number of rotatable bonds is 7. The molecule has 2 N–H and O–H groups in total. The van der Waals surface area contributed by atoms with Crippen LogP contribution in [0.25, 0.3) is 0 Å². The van der Waals surface area contributed by atoms with Gasteiger partial charge in [0.15, 0.2) is 5.96 Å². The summed E-state index contributed by atoms with van der Waals surface area (Å²) in [7, 11) is 0. The fraction of sp³-hybridized carbons (Fsp3) is 0.632. The van der Waals surface area contributed by atoms with Gasteiger partial charge in [-0.15, -0.1) is 0 Å². The van der Waals surface area contributed by atoms with Gasteiger partial charge in [0.05, 0.1) is 0 Å². The molecule has 4 heteroatoms. The first-order valence-corrected chi connectivity index (χ1v) is 9.14. The molecule has 0 aromatic heterocycles. The van der Waals surface area contributed by atoms with Crippen LogP contribution in [0.2, 0.25) is 0 Å². The molecule has 1 aromatic rings. The molecular formula is C19H30N4. The second-order valence-electron chi connectivity index (χ2n) is 6.83. The maximum atomic E-state index is 4.80. The summed E-state index contributed by atoms with van der Waals surface area (Å²) >= 11 is 0. The Morgan fingerprint density at radius 3 is 2.78 bits per heavy atom.